The first-order valence-electron chi connectivity index (χ1n) is 6.63. The lowest BCUT2D eigenvalue weighted by molar-refractivity contribution is -0.136. The van der Waals surface area contributed by atoms with Gasteiger partial charge in [0.15, 0.2) is 0 Å². The van der Waals surface area contributed by atoms with Gasteiger partial charge in [-0.3, -0.25) is 9.59 Å². The van der Waals surface area contributed by atoms with Gasteiger partial charge in [-0.1, -0.05) is 18.2 Å². The number of rotatable bonds is 4. The second-order valence-electron chi connectivity index (χ2n) is 4.40. The highest BCUT2D eigenvalue weighted by atomic mass is 19.1. The molecule has 0 heterocycles. The Morgan fingerprint density at radius 3 is 2.43 bits per heavy atom. The zero-order chi connectivity index (χ0) is 16.7. The van der Waals surface area contributed by atoms with Crippen LogP contribution >= 0.6 is 0 Å². The van der Waals surface area contributed by atoms with E-state index >= 15 is 0 Å². The Balaban J connectivity index is 1.89. The SMILES string of the molecule is COc1ccc(NC(=O)C(=O)NN=Cc2ccccc2F)cc1. The first-order valence-corrected chi connectivity index (χ1v) is 6.63. The average Bonchev–Trinajstić information content (AvgIpc) is 2.57. The molecule has 0 saturated heterocycles. The number of carbonyl (C=O) groups is 2. The Morgan fingerprint density at radius 1 is 1.09 bits per heavy atom. The van der Waals surface area contributed by atoms with Gasteiger partial charge in [-0.2, -0.15) is 5.10 Å². The Kier molecular flexibility index (Phi) is 5.40. The Bertz CT molecular complexity index is 730. The fourth-order valence-corrected chi connectivity index (χ4v) is 1.65. The molecule has 2 aromatic rings. The van der Waals surface area contributed by atoms with Crippen molar-refractivity contribution in [3.05, 3.63) is 59.9 Å². The van der Waals surface area contributed by atoms with Crippen LogP contribution in [0.15, 0.2) is 53.6 Å². The smallest absolute Gasteiger partial charge is 0.329 e. The Morgan fingerprint density at radius 2 is 1.78 bits per heavy atom. The number of amides is 2. The third kappa shape index (κ3) is 4.63. The number of anilines is 1. The van der Waals surface area contributed by atoms with Crippen molar-refractivity contribution >= 4 is 23.7 Å². The summed E-state index contributed by atoms with van der Waals surface area (Å²) in [6.45, 7) is 0. The van der Waals surface area contributed by atoms with Gasteiger partial charge < -0.3 is 10.1 Å². The van der Waals surface area contributed by atoms with E-state index in [0.29, 0.717) is 11.4 Å². The zero-order valence-electron chi connectivity index (χ0n) is 12.2. The molecule has 2 amide bonds. The number of ether oxygens (including phenoxy) is 1. The number of methoxy groups -OCH3 is 1. The second-order valence-corrected chi connectivity index (χ2v) is 4.40. The van der Waals surface area contributed by atoms with E-state index in [1.807, 2.05) is 5.43 Å². The fraction of sp³-hybridized carbons (Fsp3) is 0.0625. The van der Waals surface area contributed by atoms with E-state index in [-0.39, 0.29) is 5.56 Å². The predicted octanol–water partition coefficient (Wildman–Crippen LogP) is 1.92. The van der Waals surface area contributed by atoms with E-state index < -0.39 is 17.6 Å². The summed E-state index contributed by atoms with van der Waals surface area (Å²) in [6.07, 6.45) is 1.12. The van der Waals surface area contributed by atoms with Crippen LogP contribution in [0.2, 0.25) is 0 Å². The largest absolute Gasteiger partial charge is 0.497 e. The Hall–Kier alpha value is -3.22. The van der Waals surface area contributed by atoms with E-state index in [2.05, 4.69) is 10.4 Å². The molecule has 0 unspecified atom stereocenters. The zero-order valence-corrected chi connectivity index (χ0v) is 12.2. The van der Waals surface area contributed by atoms with Crippen LogP contribution in [0, 0.1) is 5.82 Å². The van der Waals surface area contributed by atoms with Crippen LogP contribution < -0.4 is 15.5 Å². The molecule has 0 aliphatic rings. The van der Waals surface area contributed by atoms with E-state index in [0.717, 1.165) is 6.21 Å². The van der Waals surface area contributed by atoms with Gasteiger partial charge in [0.2, 0.25) is 0 Å². The third-order valence-electron chi connectivity index (χ3n) is 2.83. The maximum atomic E-state index is 13.3. The molecule has 0 atom stereocenters. The molecule has 7 heteroatoms. The monoisotopic (exact) mass is 315 g/mol. The van der Waals surface area contributed by atoms with Crippen molar-refractivity contribution in [1.29, 1.82) is 0 Å². The summed E-state index contributed by atoms with van der Waals surface area (Å²) in [6, 6.07) is 12.4. The van der Waals surface area contributed by atoms with Crippen molar-refractivity contribution in [3.8, 4) is 5.75 Å². The van der Waals surface area contributed by atoms with E-state index in [9.17, 15) is 14.0 Å². The van der Waals surface area contributed by atoms with Crippen molar-refractivity contribution in [2.75, 3.05) is 12.4 Å². The lowest BCUT2D eigenvalue weighted by Gasteiger charge is -2.05. The first-order chi connectivity index (χ1) is 11.1. The molecule has 0 aliphatic carbocycles. The molecular formula is C16H14FN3O3. The Labute approximate surface area is 132 Å². The first kappa shape index (κ1) is 16.2. The number of nitrogens with one attached hydrogen (secondary N) is 2. The topological polar surface area (TPSA) is 79.8 Å². The molecule has 0 aliphatic heterocycles. The maximum absolute atomic E-state index is 13.3. The van der Waals surface area contributed by atoms with Gasteiger partial charge in [0, 0.05) is 11.3 Å². The minimum atomic E-state index is -0.964. The molecule has 2 aromatic carbocycles. The predicted molar refractivity (Wildman–Crippen MR) is 83.8 cm³/mol. The summed E-state index contributed by atoms with van der Waals surface area (Å²) in [5, 5.41) is 5.95. The molecule has 0 saturated carbocycles. The number of benzene rings is 2. The summed E-state index contributed by atoms with van der Waals surface area (Å²) in [5.41, 5.74) is 2.66. The van der Waals surface area contributed by atoms with Gasteiger partial charge in [-0.15, -0.1) is 0 Å². The number of hydrazone groups is 1. The molecule has 0 fully saturated rings. The van der Waals surface area contributed by atoms with Crippen LogP contribution in [0.25, 0.3) is 0 Å². The van der Waals surface area contributed by atoms with Gasteiger partial charge in [-0.05, 0) is 30.3 Å². The molecular weight excluding hydrogens is 301 g/mol. The van der Waals surface area contributed by atoms with Crippen LogP contribution in [-0.4, -0.2) is 25.1 Å². The van der Waals surface area contributed by atoms with Crippen molar-refractivity contribution in [1.82, 2.24) is 5.43 Å². The average molecular weight is 315 g/mol. The highest BCUT2D eigenvalue weighted by molar-refractivity contribution is 6.39. The summed E-state index contributed by atoms with van der Waals surface area (Å²) < 4.78 is 18.3. The quantitative estimate of drug-likeness (QED) is 0.514. The number of halogens is 1. The molecule has 118 valence electrons. The number of carbonyl (C=O) groups excluding carboxylic acids is 2. The lowest BCUT2D eigenvalue weighted by atomic mass is 10.2. The highest BCUT2D eigenvalue weighted by Crippen LogP contribution is 2.14. The van der Waals surface area contributed by atoms with Gasteiger partial charge in [-0.25, -0.2) is 9.82 Å². The second kappa shape index (κ2) is 7.69. The normalized spacial score (nSPS) is 10.3. The molecule has 2 rings (SSSR count). The minimum Gasteiger partial charge on any atom is -0.497 e. The van der Waals surface area contributed by atoms with E-state index in [1.165, 1.54) is 25.3 Å². The van der Waals surface area contributed by atoms with Gasteiger partial charge in [0.1, 0.15) is 11.6 Å². The molecule has 0 aromatic heterocycles. The summed E-state index contributed by atoms with van der Waals surface area (Å²) >= 11 is 0. The van der Waals surface area contributed by atoms with Crippen LogP contribution in [0.5, 0.6) is 5.75 Å². The summed E-state index contributed by atoms with van der Waals surface area (Å²) in [5.74, 6) is -1.70. The molecule has 0 radical (unpaired) electrons. The van der Waals surface area contributed by atoms with Gasteiger partial charge in [0.05, 0.1) is 13.3 Å². The van der Waals surface area contributed by atoms with Gasteiger partial charge >= 0.3 is 11.8 Å². The standard InChI is InChI=1S/C16H14FN3O3/c1-23-13-8-6-12(7-9-13)19-15(21)16(22)20-18-10-11-4-2-3-5-14(11)17/h2-10H,1H3,(H,19,21)(H,20,22). The van der Waals surface area contributed by atoms with Crippen molar-refractivity contribution in [2.24, 2.45) is 5.10 Å². The fourth-order valence-electron chi connectivity index (χ4n) is 1.65. The van der Waals surface area contributed by atoms with Crippen molar-refractivity contribution < 1.29 is 18.7 Å². The maximum Gasteiger partial charge on any atom is 0.329 e. The minimum absolute atomic E-state index is 0.198. The number of hydrogen-bond acceptors (Lipinski definition) is 4. The molecule has 0 bridgehead atoms. The van der Waals surface area contributed by atoms with Crippen LogP contribution in [-0.2, 0) is 9.59 Å². The molecule has 2 N–H and O–H groups in total. The van der Waals surface area contributed by atoms with Crippen LogP contribution in [0.4, 0.5) is 10.1 Å². The lowest BCUT2D eigenvalue weighted by Crippen LogP contribution is -2.32. The molecule has 23 heavy (non-hydrogen) atoms. The van der Waals surface area contributed by atoms with Crippen molar-refractivity contribution in [2.45, 2.75) is 0 Å². The third-order valence-corrected chi connectivity index (χ3v) is 2.83. The summed E-state index contributed by atoms with van der Waals surface area (Å²) in [7, 11) is 1.52. The van der Waals surface area contributed by atoms with E-state index in [4.69, 9.17) is 4.74 Å². The summed E-state index contributed by atoms with van der Waals surface area (Å²) in [4.78, 5) is 23.3. The van der Waals surface area contributed by atoms with E-state index in [1.54, 1.807) is 30.3 Å². The van der Waals surface area contributed by atoms with Crippen molar-refractivity contribution in [3.63, 3.8) is 0 Å². The number of hydrogen-bond donors (Lipinski definition) is 2. The van der Waals surface area contributed by atoms with Gasteiger partial charge in [0.25, 0.3) is 0 Å². The van der Waals surface area contributed by atoms with Crippen LogP contribution in [0.1, 0.15) is 5.56 Å². The number of nitrogens with zero attached hydrogens (tertiary/aromatic N) is 1. The highest BCUT2D eigenvalue weighted by Gasteiger charge is 2.12. The van der Waals surface area contributed by atoms with Crippen LogP contribution in [0.3, 0.4) is 0 Å². The molecule has 0 spiro atoms. The molecule has 6 nitrogen and oxygen atoms in total.